The molecule has 3 aromatic rings. The smallest absolute Gasteiger partial charge is 0.328 e. The number of aryl methyl sites for hydroxylation is 2. The van der Waals surface area contributed by atoms with Crippen molar-refractivity contribution >= 4 is 34.1 Å². The van der Waals surface area contributed by atoms with Crippen molar-refractivity contribution in [1.29, 1.82) is 0 Å². The van der Waals surface area contributed by atoms with E-state index >= 15 is 0 Å². The number of imidazole rings is 1. The van der Waals surface area contributed by atoms with Crippen LogP contribution in [-0.4, -0.2) is 36.7 Å². The first-order chi connectivity index (χ1) is 12.9. The molecule has 0 saturated heterocycles. The first-order valence-corrected chi connectivity index (χ1v) is 9.80. The highest BCUT2D eigenvalue weighted by atomic mass is 35.5. The quantitative estimate of drug-likeness (QED) is 0.537. The molecular weight excluding hydrogens is 386 g/mol. The zero-order chi connectivity index (χ0) is 19.6. The van der Waals surface area contributed by atoms with Crippen LogP contribution in [0.25, 0.3) is 11.2 Å². The molecule has 3 rings (SSSR count). The highest BCUT2D eigenvalue weighted by Gasteiger charge is 2.15. The van der Waals surface area contributed by atoms with Gasteiger partial charge in [0.2, 0.25) is 0 Å². The molecule has 0 aromatic carbocycles. The summed E-state index contributed by atoms with van der Waals surface area (Å²) in [4.78, 5) is 32.8. The van der Waals surface area contributed by atoms with E-state index in [1.807, 2.05) is 18.2 Å². The van der Waals surface area contributed by atoms with Gasteiger partial charge in [0.15, 0.2) is 11.2 Å². The summed E-state index contributed by atoms with van der Waals surface area (Å²) < 4.78 is 5.13. The van der Waals surface area contributed by atoms with Crippen LogP contribution in [0.3, 0.4) is 0 Å². The van der Waals surface area contributed by atoms with Crippen LogP contribution in [0.2, 0.25) is 4.34 Å². The fourth-order valence-electron chi connectivity index (χ4n) is 3.12. The molecule has 0 amide bonds. The van der Waals surface area contributed by atoms with E-state index in [0.717, 1.165) is 24.0 Å². The van der Waals surface area contributed by atoms with Crippen molar-refractivity contribution < 1.29 is 0 Å². The predicted molar refractivity (Wildman–Crippen MR) is 110 cm³/mol. The largest absolute Gasteiger partial charge is 0.332 e. The van der Waals surface area contributed by atoms with Crippen LogP contribution in [0.5, 0.6) is 0 Å². The average molecular weight is 408 g/mol. The van der Waals surface area contributed by atoms with E-state index in [4.69, 9.17) is 11.6 Å². The van der Waals surface area contributed by atoms with Gasteiger partial charge in [-0.25, -0.2) is 9.78 Å². The van der Waals surface area contributed by atoms with Crippen LogP contribution in [0.4, 0.5) is 0 Å². The Balaban J connectivity index is 1.75. The van der Waals surface area contributed by atoms with Crippen molar-refractivity contribution in [2.75, 3.05) is 13.1 Å². The first-order valence-electron chi connectivity index (χ1n) is 8.60. The molecular formula is C18H22ClN5O2S. The zero-order valence-electron chi connectivity index (χ0n) is 15.4. The van der Waals surface area contributed by atoms with Gasteiger partial charge in [0, 0.05) is 45.2 Å². The second-order valence-electron chi connectivity index (χ2n) is 6.41. The third kappa shape index (κ3) is 4.07. The topological polar surface area (TPSA) is 65.1 Å². The minimum absolute atomic E-state index is 0.298. The lowest BCUT2D eigenvalue weighted by atomic mass is 10.3. The molecule has 144 valence electrons. The number of thiophene rings is 1. The van der Waals surface area contributed by atoms with Crippen LogP contribution in [0.1, 0.15) is 11.3 Å². The van der Waals surface area contributed by atoms with Gasteiger partial charge >= 0.3 is 5.69 Å². The Kier molecular flexibility index (Phi) is 5.98. The predicted octanol–water partition coefficient (Wildman–Crippen LogP) is 2.23. The minimum atomic E-state index is -0.341. The van der Waals surface area contributed by atoms with E-state index in [1.165, 1.54) is 14.0 Å². The van der Waals surface area contributed by atoms with Crippen LogP contribution >= 0.6 is 22.9 Å². The number of hydrogen-bond donors (Lipinski definition) is 0. The fraction of sp³-hybridized carbons (Fsp3) is 0.389. The van der Waals surface area contributed by atoms with Crippen LogP contribution in [0.15, 0.2) is 40.7 Å². The van der Waals surface area contributed by atoms with Gasteiger partial charge in [0.25, 0.3) is 5.56 Å². The van der Waals surface area contributed by atoms with E-state index in [-0.39, 0.29) is 11.2 Å². The molecule has 0 aliphatic heterocycles. The molecule has 0 unspecified atom stereocenters. The average Bonchev–Trinajstić information content (AvgIpc) is 3.21. The lowest BCUT2D eigenvalue weighted by Crippen LogP contribution is -2.40. The Morgan fingerprint density at radius 3 is 2.78 bits per heavy atom. The summed E-state index contributed by atoms with van der Waals surface area (Å²) in [7, 11) is 3.39. The van der Waals surface area contributed by atoms with Crippen molar-refractivity contribution in [1.82, 2.24) is 23.6 Å². The molecule has 0 aliphatic rings. The molecule has 0 atom stereocenters. The molecule has 9 heteroatoms. The summed E-state index contributed by atoms with van der Waals surface area (Å²) in [5, 5.41) is 0. The van der Waals surface area contributed by atoms with Gasteiger partial charge in [0.1, 0.15) is 0 Å². The molecule has 0 radical (unpaired) electrons. The molecule has 3 heterocycles. The minimum Gasteiger partial charge on any atom is -0.328 e. The molecule has 7 nitrogen and oxygen atoms in total. The Bertz CT molecular complexity index is 1080. The van der Waals surface area contributed by atoms with E-state index < -0.39 is 0 Å². The standard InChI is InChI=1S/C18H22ClN5O2S/c1-4-8-23(11-13-6-7-14(19)27-13)9-5-10-24-17(25)15-16(20-12-21(15)2)22(3)18(24)26/h4,6-7,12H,1,5,8-11H2,2-3H3. The van der Waals surface area contributed by atoms with Gasteiger partial charge in [-0.2, -0.15) is 0 Å². The Morgan fingerprint density at radius 1 is 1.33 bits per heavy atom. The van der Waals surface area contributed by atoms with E-state index in [1.54, 1.807) is 36.3 Å². The van der Waals surface area contributed by atoms with Crippen molar-refractivity contribution in [3.8, 4) is 0 Å². The summed E-state index contributed by atoms with van der Waals surface area (Å²) in [5.41, 5.74) is 0.208. The molecule has 0 aliphatic carbocycles. The highest BCUT2D eigenvalue weighted by Crippen LogP contribution is 2.22. The van der Waals surface area contributed by atoms with Gasteiger partial charge in [-0.3, -0.25) is 18.8 Å². The Morgan fingerprint density at radius 2 is 2.11 bits per heavy atom. The van der Waals surface area contributed by atoms with Crippen molar-refractivity contribution in [2.24, 2.45) is 14.1 Å². The van der Waals surface area contributed by atoms with Crippen molar-refractivity contribution in [3.05, 3.63) is 61.2 Å². The third-order valence-electron chi connectivity index (χ3n) is 4.45. The number of fused-ring (bicyclic) bond motifs is 1. The van der Waals surface area contributed by atoms with E-state index in [2.05, 4.69) is 16.5 Å². The Labute approximate surface area is 165 Å². The van der Waals surface area contributed by atoms with Crippen LogP contribution in [-0.2, 0) is 27.2 Å². The summed E-state index contributed by atoms with van der Waals surface area (Å²) in [6, 6.07) is 3.90. The normalized spacial score (nSPS) is 11.6. The van der Waals surface area contributed by atoms with Gasteiger partial charge in [-0.05, 0) is 18.6 Å². The molecule has 0 spiro atoms. The summed E-state index contributed by atoms with van der Waals surface area (Å²) >= 11 is 7.56. The lowest BCUT2D eigenvalue weighted by Gasteiger charge is -2.20. The van der Waals surface area contributed by atoms with E-state index in [0.29, 0.717) is 24.1 Å². The number of aromatic nitrogens is 4. The summed E-state index contributed by atoms with van der Waals surface area (Å²) in [6.45, 7) is 6.38. The van der Waals surface area contributed by atoms with Crippen molar-refractivity contribution in [3.63, 3.8) is 0 Å². The van der Waals surface area contributed by atoms with Gasteiger partial charge in [-0.1, -0.05) is 17.7 Å². The Hall–Kier alpha value is -2.16. The van der Waals surface area contributed by atoms with Crippen LogP contribution < -0.4 is 11.2 Å². The fourth-order valence-corrected chi connectivity index (χ4v) is 4.25. The molecule has 27 heavy (non-hydrogen) atoms. The summed E-state index contributed by atoms with van der Waals surface area (Å²) in [6.07, 6.45) is 4.07. The van der Waals surface area contributed by atoms with Gasteiger partial charge < -0.3 is 4.57 Å². The van der Waals surface area contributed by atoms with Crippen LogP contribution in [0, 0.1) is 0 Å². The lowest BCUT2D eigenvalue weighted by molar-refractivity contribution is 0.285. The number of rotatable bonds is 8. The SMILES string of the molecule is C=CCN(CCCn1c(=O)c2c(ncn2C)n(C)c1=O)Cc1ccc(Cl)s1. The number of nitrogens with zero attached hydrogens (tertiary/aromatic N) is 5. The molecule has 0 fully saturated rings. The second kappa shape index (κ2) is 8.24. The molecule has 0 saturated carbocycles. The number of halogens is 1. The third-order valence-corrected chi connectivity index (χ3v) is 5.67. The van der Waals surface area contributed by atoms with Gasteiger partial charge in [-0.15, -0.1) is 17.9 Å². The maximum atomic E-state index is 12.7. The maximum Gasteiger partial charge on any atom is 0.332 e. The monoisotopic (exact) mass is 407 g/mol. The summed E-state index contributed by atoms with van der Waals surface area (Å²) in [5.74, 6) is 0. The molecule has 0 bridgehead atoms. The molecule has 0 N–H and O–H groups in total. The second-order valence-corrected chi connectivity index (χ2v) is 8.21. The maximum absolute atomic E-state index is 12.7. The molecule has 3 aromatic heterocycles. The highest BCUT2D eigenvalue weighted by molar-refractivity contribution is 7.16. The van der Waals surface area contributed by atoms with Crippen molar-refractivity contribution in [2.45, 2.75) is 19.5 Å². The zero-order valence-corrected chi connectivity index (χ0v) is 17.0. The first kappa shape index (κ1) is 19.6. The van der Waals surface area contributed by atoms with E-state index in [9.17, 15) is 9.59 Å². The van der Waals surface area contributed by atoms with Gasteiger partial charge in [0.05, 0.1) is 10.7 Å². The number of hydrogen-bond acceptors (Lipinski definition) is 5.